The molecule has 0 fully saturated rings. The largest absolute Gasteiger partial charge is 0.396 e. The van der Waals surface area contributed by atoms with Gasteiger partial charge in [-0.25, -0.2) is 0 Å². The van der Waals surface area contributed by atoms with Gasteiger partial charge in [0.05, 0.1) is 11.7 Å². The fourth-order valence-electron chi connectivity index (χ4n) is 1.41. The van der Waals surface area contributed by atoms with E-state index in [1.165, 1.54) is 0 Å². The first-order chi connectivity index (χ1) is 6.52. The molecule has 3 N–H and O–H groups in total. The molecule has 0 amide bonds. The minimum Gasteiger partial charge on any atom is -0.396 e. The fourth-order valence-corrected chi connectivity index (χ4v) is 1.41. The van der Waals surface area contributed by atoms with Crippen LogP contribution >= 0.6 is 0 Å². The second-order valence-corrected chi connectivity index (χ2v) is 3.97. The summed E-state index contributed by atoms with van der Waals surface area (Å²) in [6.45, 7) is 3.53. The third-order valence-electron chi connectivity index (χ3n) is 2.23. The molecule has 14 heavy (non-hydrogen) atoms. The Hall–Kier alpha value is -0.380. The predicted molar refractivity (Wildman–Crippen MR) is 57.0 cm³/mol. The monoisotopic (exact) mass is 202 g/mol. The van der Waals surface area contributed by atoms with Crippen molar-refractivity contribution in [2.24, 2.45) is 0 Å². The Balaban J connectivity index is 3.74. The molecule has 3 nitrogen and oxygen atoms in total. The molecule has 0 aliphatic rings. The molecule has 0 bridgehead atoms. The molecule has 0 aliphatic carbocycles. The highest BCUT2D eigenvalue weighted by atomic mass is 16.3. The summed E-state index contributed by atoms with van der Waals surface area (Å²) in [6.07, 6.45) is 5.56. The molecule has 0 radical (unpaired) electrons. The lowest BCUT2D eigenvalue weighted by molar-refractivity contribution is -0.0145. The zero-order valence-corrected chi connectivity index (χ0v) is 9.11. The Morgan fingerprint density at radius 3 is 2.57 bits per heavy atom. The van der Waals surface area contributed by atoms with Gasteiger partial charge >= 0.3 is 0 Å². The van der Waals surface area contributed by atoms with E-state index in [0.29, 0.717) is 19.3 Å². The van der Waals surface area contributed by atoms with Crippen LogP contribution in [-0.2, 0) is 0 Å². The molecule has 3 heteroatoms. The van der Waals surface area contributed by atoms with Crippen LogP contribution in [0.5, 0.6) is 0 Å². The average Bonchev–Trinajstić information content (AvgIpc) is 2.03. The van der Waals surface area contributed by atoms with Gasteiger partial charge in [-0.2, -0.15) is 0 Å². The third kappa shape index (κ3) is 7.06. The highest BCUT2D eigenvalue weighted by Gasteiger charge is 2.23. The van der Waals surface area contributed by atoms with Crippen molar-refractivity contribution in [2.75, 3.05) is 6.61 Å². The summed E-state index contributed by atoms with van der Waals surface area (Å²) in [7, 11) is 0. The van der Waals surface area contributed by atoms with Gasteiger partial charge in [-0.05, 0) is 33.1 Å². The summed E-state index contributed by atoms with van der Waals surface area (Å²) < 4.78 is 0. The van der Waals surface area contributed by atoms with Crippen LogP contribution in [0.1, 0.15) is 39.5 Å². The molecule has 0 saturated carbocycles. The van der Waals surface area contributed by atoms with Gasteiger partial charge < -0.3 is 15.3 Å². The first kappa shape index (κ1) is 13.6. The molecular formula is C11H22O3. The molecule has 84 valence electrons. The van der Waals surface area contributed by atoms with Crippen molar-refractivity contribution in [3.63, 3.8) is 0 Å². The Bertz CT molecular complexity index is 164. The average molecular weight is 202 g/mol. The van der Waals surface area contributed by atoms with Crippen LogP contribution in [0.25, 0.3) is 0 Å². The van der Waals surface area contributed by atoms with E-state index in [9.17, 15) is 10.2 Å². The quantitative estimate of drug-likeness (QED) is 0.544. The lowest BCUT2D eigenvalue weighted by Gasteiger charge is -2.25. The summed E-state index contributed by atoms with van der Waals surface area (Å²) in [5.74, 6) is 0. The number of hydrogen-bond acceptors (Lipinski definition) is 3. The van der Waals surface area contributed by atoms with Gasteiger partial charge in [-0.15, -0.1) is 0 Å². The van der Waals surface area contributed by atoms with Crippen LogP contribution in [0.3, 0.4) is 0 Å². The summed E-state index contributed by atoms with van der Waals surface area (Å²) >= 11 is 0. The smallest absolute Gasteiger partial charge is 0.0666 e. The SMILES string of the molecule is CC=CCC[C@H](O)C[C@](C)(O)CCO. The maximum absolute atomic E-state index is 9.70. The second-order valence-electron chi connectivity index (χ2n) is 3.97. The predicted octanol–water partition coefficient (Wildman–Crippen LogP) is 1.23. The van der Waals surface area contributed by atoms with Gasteiger partial charge in [0.1, 0.15) is 0 Å². The van der Waals surface area contributed by atoms with Crippen molar-refractivity contribution in [1.82, 2.24) is 0 Å². The molecule has 0 spiro atoms. The Morgan fingerprint density at radius 2 is 2.07 bits per heavy atom. The van der Waals surface area contributed by atoms with E-state index in [1.54, 1.807) is 6.92 Å². The molecule has 2 atom stereocenters. The van der Waals surface area contributed by atoms with E-state index in [2.05, 4.69) is 0 Å². The highest BCUT2D eigenvalue weighted by Crippen LogP contribution is 2.18. The van der Waals surface area contributed by atoms with Gasteiger partial charge in [0.15, 0.2) is 0 Å². The molecule has 0 rings (SSSR count). The van der Waals surface area contributed by atoms with E-state index in [0.717, 1.165) is 6.42 Å². The number of rotatable bonds is 7. The van der Waals surface area contributed by atoms with Crippen molar-refractivity contribution in [3.05, 3.63) is 12.2 Å². The zero-order chi connectivity index (χ0) is 11.0. The van der Waals surface area contributed by atoms with Crippen molar-refractivity contribution in [3.8, 4) is 0 Å². The van der Waals surface area contributed by atoms with Crippen molar-refractivity contribution in [1.29, 1.82) is 0 Å². The summed E-state index contributed by atoms with van der Waals surface area (Å²) in [5.41, 5.74) is -0.954. The maximum Gasteiger partial charge on any atom is 0.0666 e. The lowest BCUT2D eigenvalue weighted by atomic mass is 9.93. The molecule has 0 saturated heterocycles. The highest BCUT2D eigenvalue weighted by molar-refractivity contribution is 4.81. The molecule has 0 heterocycles. The van der Waals surface area contributed by atoms with Gasteiger partial charge in [0, 0.05) is 13.0 Å². The van der Waals surface area contributed by atoms with Crippen molar-refractivity contribution < 1.29 is 15.3 Å². The van der Waals surface area contributed by atoms with Gasteiger partial charge in [-0.1, -0.05) is 12.2 Å². The van der Waals surface area contributed by atoms with Crippen LogP contribution in [0.2, 0.25) is 0 Å². The zero-order valence-electron chi connectivity index (χ0n) is 9.11. The second kappa shape index (κ2) is 6.98. The molecule has 0 aromatic rings. The number of allylic oxidation sites excluding steroid dienone is 2. The fraction of sp³-hybridized carbons (Fsp3) is 0.818. The van der Waals surface area contributed by atoms with Crippen LogP contribution in [0.15, 0.2) is 12.2 Å². The van der Waals surface area contributed by atoms with Crippen LogP contribution < -0.4 is 0 Å². The topological polar surface area (TPSA) is 60.7 Å². The maximum atomic E-state index is 9.70. The number of aliphatic hydroxyl groups excluding tert-OH is 2. The minimum atomic E-state index is -0.954. The molecule has 0 aliphatic heterocycles. The van der Waals surface area contributed by atoms with E-state index in [1.807, 2.05) is 19.1 Å². The van der Waals surface area contributed by atoms with Gasteiger partial charge in [-0.3, -0.25) is 0 Å². The molecule has 0 unspecified atom stereocenters. The first-order valence-corrected chi connectivity index (χ1v) is 5.14. The number of hydrogen-bond donors (Lipinski definition) is 3. The number of aliphatic hydroxyl groups is 3. The summed E-state index contributed by atoms with van der Waals surface area (Å²) in [4.78, 5) is 0. The Kier molecular flexibility index (Phi) is 6.79. The van der Waals surface area contributed by atoms with E-state index < -0.39 is 11.7 Å². The Morgan fingerprint density at radius 1 is 1.43 bits per heavy atom. The van der Waals surface area contributed by atoms with Crippen LogP contribution in [-0.4, -0.2) is 33.6 Å². The third-order valence-corrected chi connectivity index (χ3v) is 2.23. The molecule has 0 aromatic heterocycles. The lowest BCUT2D eigenvalue weighted by Crippen LogP contribution is -2.31. The van der Waals surface area contributed by atoms with Crippen LogP contribution in [0, 0.1) is 0 Å². The summed E-state index contributed by atoms with van der Waals surface area (Å²) in [6, 6.07) is 0. The van der Waals surface area contributed by atoms with Gasteiger partial charge in [0.2, 0.25) is 0 Å². The van der Waals surface area contributed by atoms with Crippen molar-refractivity contribution in [2.45, 2.75) is 51.2 Å². The van der Waals surface area contributed by atoms with E-state index >= 15 is 0 Å². The van der Waals surface area contributed by atoms with Crippen molar-refractivity contribution >= 4 is 0 Å². The van der Waals surface area contributed by atoms with Crippen LogP contribution in [0.4, 0.5) is 0 Å². The summed E-state index contributed by atoms with van der Waals surface area (Å²) in [5, 5.41) is 27.9. The molecular weight excluding hydrogens is 180 g/mol. The van der Waals surface area contributed by atoms with E-state index in [4.69, 9.17) is 5.11 Å². The molecule has 0 aromatic carbocycles. The first-order valence-electron chi connectivity index (χ1n) is 5.14. The van der Waals surface area contributed by atoms with E-state index in [-0.39, 0.29) is 6.61 Å². The minimum absolute atomic E-state index is 0.0470. The Labute approximate surface area is 86.1 Å². The van der Waals surface area contributed by atoms with Gasteiger partial charge in [0.25, 0.3) is 0 Å². The normalized spacial score (nSPS) is 18.4. The standard InChI is InChI=1S/C11H22O3/c1-3-4-5-6-10(13)9-11(2,14)7-8-12/h3-4,10,12-14H,5-9H2,1-2H3/t10-,11+/m0/s1.